The van der Waals surface area contributed by atoms with E-state index >= 15 is 0 Å². The van der Waals surface area contributed by atoms with Crippen LogP contribution in [0, 0.1) is 0 Å². The Hall–Kier alpha value is -2.68. The molecule has 1 saturated heterocycles. The molecule has 1 aliphatic heterocycles. The van der Waals surface area contributed by atoms with Gasteiger partial charge in [0, 0.05) is 44.9 Å². The van der Waals surface area contributed by atoms with Crippen LogP contribution in [0.4, 0.5) is 0 Å². The van der Waals surface area contributed by atoms with Crippen LogP contribution in [0.15, 0.2) is 34.0 Å². The molecule has 1 amide bonds. The summed E-state index contributed by atoms with van der Waals surface area (Å²) < 4.78 is 9.64. The number of methoxy groups -OCH3 is 1. The molecule has 28 heavy (non-hydrogen) atoms. The van der Waals surface area contributed by atoms with Gasteiger partial charge in [-0.25, -0.2) is 9.48 Å². The molecule has 0 saturated carbocycles. The minimum Gasteiger partial charge on any atom is -0.383 e. The van der Waals surface area contributed by atoms with E-state index in [1.807, 2.05) is 6.92 Å². The molecule has 0 aliphatic carbocycles. The third-order valence-corrected chi connectivity index (χ3v) is 5.19. The normalized spacial score (nSPS) is 15.1. The summed E-state index contributed by atoms with van der Waals surface area (Å²) in [6.45, 7) is 4.60. The quantitative estimate of drug-likeness (QED) is 0.678. The lowest BCUT2D eigenvalue weighted by atomic mass is 9.96. The van der Waals surface area contributed by atoms with Gasteiger partial charge in [-0.05, 0) is 25.8 Å². The van der Waals surface area contributed by atoms with E-state index in [0.717, 1.165) is 18.7 Å². The molecular weight excluding hydrogens is 362 g/mol. The van der Waals surface area contributed by atoms with Crippen LogP contribution in [0.2, 0.25) is 0 Å². The van der Waals surface area contributed by atoms with Gasteiger partial charge in [-0.2, -0.15) is 5.10 Å². The monoisotopic (exact) mass is 389 g/mol. The Morgan fingerprint density at radius 2 is 2.00 bits per heavy atom. The van der Waals surface area contributed by atoms with Gasteiger partial charge >= 0.3 is 5.69 Å². The number of hydrogen-bond donors (Lipinski definition) is 0. The van der Waals surface area contributed by atoms with E-state index in [1.165, 1.54) is 15.3 Å². The number of rotatable bonds is 7. The fraction of sp³-hybridized carbons (Fsp3) is 0.579. The van der Waals surface area contributed by atoms with Crippen LogP contribution >= 0.6 is 0 Å². The number of ether oxygens (including phenoxy) is 1. The second kappa shape index (κ2) is 9.01. The van der Waals surface area contributed by atoms with E-state index < -0.39 is 0 Å². The van der Waals surface area contributed by atoms with Crippen molar-refractivity contribution in [1.29, 1.82) is 0 Å². The molecular formula is C19H27N5O4. The highest BCUT2D eigenvalue weighted by atomic mass is 16.5. The smallest absolute Gasteiger partial charge is 0.345 e. The zero-order chi connectivity index (χ0) is 20.1. The maximum Gasteiger partial charge on any atom is 0.345 e. The summed E-state index contributed by atoms with van der Waals surface area (Å²) in [5, 5.41) is 4.53. The van der Waals surface area contributed by atoms with Gasteiger partial charge in [0.15, 0.2) is 0 Å². The molecule has 9 heteroatoms. The average molecular weight is 389 g/mol. The number of carbonyl (C=O) groups is 1. The van der Waals surface area contributed by atoms with Gasteiger partial charge in [0.25, 0.3) is 5.56 Å². The number of amides is 1. The van der Waals surface area contributed by atoms with Gasteiger partial charge in [-0.15, -0.1) is 0 Å². The Labute approximate surface area is 163 Å². The Balaban J connectivity index is 1.65. The highest BCUT2D eigenvalue weighted by Crippen LogP contribution is 2.26. The van der Waals surface area contributed by atoms with Crippen LogP contribution in [0.5, 0.6) is 0 Å². The van der Waals surface area contributed by atoms with Gasteiger partial charge in [0.1, 0.15) is 12.4 Å². The first kappa shape index (κ1) is 20.1. The van der Waals surface area contributed by atoms with Crippen molar-refractivity contribution in [3.8, 4) is 0 Å². The van der Waals surface area contributed by atoms with Crippen molar-refractivity contribution in [2.24, 2.45) is 0 Å². The number of hydrogen-bond acceptors (Lipinski definition) is 5. The molecule has 0 bridgehead atoms. The summed E-state index contributed by atoms with van der Waals surface area (Å²) >= 11 is 0. The molecule has 0 unspecified atom stereocenters. The molecule has 0 N–H and O–H groups in total. The Morgan fingerprint density at radius 3 is 2.64 bits per heavy atom. The SMILES string of the molecule is CCn1c(C2CCN(C(=O)Cn3ccccc3=O)CC2)nn(CCOC)c1=O. The predicted molar refractivity (Wildman–Crippen MR) is 103 cm³/mol. The highest BCUT2D eigenvalue weighted by Gasteiger charge is 2.28. The minimum absolute atomic E-state index is 0.0512. The summed E-state index contributed by atoms with van der Waals surface area (Å²) in [5.41, 5.74) is -0.296. The maximum absolute atomic E-state index is 12.5. The van der Waals surface area contributed by atoms with Crippen LogP contribution in [-0.4, -0.2) is 56.5 Å². The van der Waals surface area contributed by atoms with Crippen LogP contribution in [0.3, 0.4) is 0 Å². The van der Waals surface area contributed by atoms with Crippen molar-refractivity contribution >= 4 is 5.91 Å². The van der Waals surface area contributed by atoms with Crippen molar-refractivity contribution in [1.82, 2.24) is 23.8 Å². The molecule has 0 aromatic carbocycles. The van der Waals surface area contributed by atoms with Gasteiger partial charge in [-0.1, -0.05) is 6.07 Å². The minimum atomic E-state index is -0.181. The Bertz CT molecular complexity index is 921. The zero-order valence-electron chi connectivity index (χ0n) is 16.4. The van der Waals surface area contributed by atoms with Crippen LogP contribution in [-0.2, 0) is 29.2 Å². The summed E-state index contributed by atoms with van der Waals surface area (Å²) in [4.78, 5) is 38.6. The third kappa shape index (κ3) is 4.24. The summed E-state index contributed by atoms with van der Waals surface area (Å²) in [5.74, 6) is 0.861. The topological polar surface area (TPSA) is 91.4 Å². The van der Waals surface area contributed by atoms with E-state index in [4.69, 9.17) is 4.74 Å². The standard InChI is InChI=1S/C19H27N5O4/c1-3-23-18(20-24(19(23)27)12-13-28-2)15-7-10-21(11-8-15)17(26)14-22-9-5-4-6-16(22)25/h4-6,9,15H,3,7-8,10-14H2,1-2H3. The summed E-state index contributed by atoms with van der Waals surface area (Å²) in [6.07, 6.45) is 3.12. The van der Waals surface area contributed by atoms with Gasteiger partial charge < -0.3 is 14.2 Å². The lowest BCUT2D eigenvalue weighted by Gasteiger charge is -2.31. The largest absolute Gasteiger partial charge is 0.383 e. The van der Waals surface area contributed by atoms with Crippen molar-refractivity contribution < 1.29 is 9.53 Å². The first-order chi connectivity index (χ1) is 13.5. The van der Waals surface area contributed by atoms with Crippen molar-refractivity contribution in [3.63, 3.8) is 0 Å². The first-order valence-electron chi connectivity index (χ1n) is 9.64. The van der Waals surface area contributed by atoms with Crippen molar-refractivity contribution in [3.05, 3.63) is 51.1 Å². The van der Waals surface area contributed by atoms with E-state index in [-0.39, 0.29) is 29.6 Å². The lowest BCUT2D eigenvalue weighted by Crippen LogP contribution is -2.41. The number of carbonyl (C=O) groups excluding carboxylic acids is 1. The Morgan fingerprint density at radius 1 is 1.25 bits per heavy atom. The molecule has 2 aromatic rings. The fourth-order valence-corrected chi connectivity index (χ4v) is 3.60. The van der Waals surface area contributed by atoms with Crippen LogP contribution < -0.4 is 11.2 Å². The van der Waals surface area contributed by atoms with Crippen molar-refractivity contribution in [2.45, 2.75) is 45.3 Å². The number of pyridine rings is 1. The molecule has 0 spiro atoms. The zero-order valence-corrected chi connectivity index (χ0v) is 16.4. The highest BCUT2D eigenvalue weighted by molar-refractivity contribution is 5.76. The number of likely N-dealkylation sites (tertiary alicyclic amines) is 1. The molecule has 1 fully saturated rings. The average Bonchev–Trinajstić information content (AvgIpc) is 3.03. The fourth-order valence-electron chi connectivity index (χ4n) is 3.60. The summed E-state index contributed by atoms with van der Waals surface area (Å²) in [7, 11) is 1.60. The first-order valence-corrected chi connectivity index (χ1v) is 9.64. The molecule has 9 nitrogen and oxygen atoms in total. The van der Waals surface area contributed by atoms with E-state index in [0.29, 0.717) is 32.8 Å². The van der Waals surface area contributed by atoms with Gasteiger partial charge in [0.2, 0.25) is 5.91 Å². The molecule has 0 radical (unpaired) electrons. The van der Waals surface area contributed by atoms with Crippen LogP contribution in [0.25, 0.3) is 0 Å². The number of aromatic nitrogens is 4. The van der Waals surface area contributed by atoms with Gasteiger partial charge in [0.05, 0.1) is 13.2 Å². The summed E-state index contributed by atoms with van der Waals surface area (Å²) in [6, 6.07) is 4.85. The van der Waals surface area contributed by atoms with Gasteiger partial charge in [-0.3, -0.25) is 14.2 Å². The number of nitrogens with zero attached hydrogens (tertiary/aromatic N) is 5. The Kier molecular flexibility index (Phi) is 6.45. The molecule has 3 heterocycles. The molecule has 3 rings (SSSR count). The molecule has 0 atom stereocenters. The third-order valence-electron chi connectivity index (χ3n) is 5.19. The number of piperidine rings is 1. The lowest BCUT2D eigenvalue weighted by molar-refractivity contribution is -0.133. The second-order valence-electron chi connectivity index (χ2n) is 6.92. The maximum atomic E-state index is 12.5. The van der Waals surface area contributed by atoms with E-state index in [2.05, 4.69) is 5.10 Å². The van der Waals surface area contributed by atoms with E-state index in [1.54, 1.807) is 34.9 Å². The van der Waals surface area contributed by atoms with Crippen molar-refractivity contribution in [2.75, 3.05) is 26.8 Å². The molecule has 152 valence electrons. The second-order valence-corrected chi connectivity index (χ2v) is 6.92. The van der Waals surface area contributed by atoms with Crippen LogP contribution in [0.1, 0.15) is 31.5 Å². The molecule has 1 aliphatic rings. The van der Waals surface area contributed by atoms with E-state index in [9.17, 15) is 14.4 Å². The molecule has 2 aromatic heterocycles. The predicted octanol–water partition coefficient (Wildman–Crippen LogP) is 0.279.